The monoisotopic (exact) mass is 454 g/mol. The van der Waals surface area contributed by atoms with Crippen LogP contribution in [0.4, 0.5) is 5.69 Å². The van der Waals surface area contributed by atoms with Crippen molar-refractivity contribution in [2.75, 3.05) is 5.73 Å². The number of thiophene rings is 1. The van der Waals surface area contributed by atoms with Crippen molar-refractivity contribution in [2.24, 2.45) is 4.99 Å². The number of aromatic nitrogens is 3. The van der Waals surface area contributed by atoms with Gasteiger partial charge in [0, 0.05) is 34.7 Å². The number of anilines is 1. The van der Waals surface area contributed by atoms with Crippen molar-refractivity contribution in [1.82, 2.24) is 20.1 Å². The molecule has 0 atom stereocenters. The number of carbonyl (C=O) groups excluding carboxylic acids is 1. The summed E-state index contributed by atoms with van der Waals surface area (Å²) in [5, 5.41) is 12.3. The Kier molecular flexibility index (Phi) is 8.72. The van der Waals surface area contributed by atoms with Crippen molar-refractivity contribution in [3.8, 4) is 5.00 Å². The van der Waals surface area contributed by atoms with Gasteiger partial charge in [-0.3, -0.25) is 14.4 Å². The van der Waals surface area contributed by atoms with Crippen molar-refractivity contribution in [3.05, 3.63) is 57.5 Å². The van der Waals surface area contributed by atoms with E-state index in [4.69, 9.17) is 10.7 Å². The lowest BCUT2D eigenvalue weighted by molar-refractivity contribution is -0.119. The van der Waals surface area contributed by atoms with E-state index >= 15 is 0 Å². The molecule has 0 spiro atoms. The van der Waals surface area contributed by atoms with Gasteiger partial charge in [-0.15, -0.1) is 21.5 Å². The van der Waals surface area contributed by atoms with Gasteiger partial charge in [0.1, 0.15) is 17.4 Å². The van der Waals surface area contributed by atoms with Crippen molar-refractivity contribution in [2.45, 2.75) is 68.0 Å². The number of aliphatic imine (C=N–C) groups is 1. The number of rotatable bonds is 2. The minimum Gasteiger partial charge on any atom is -0.399 e. The Morgan fingerprint density at radius 2 is 1.75 bits per heavy atom. The standard InChI is InChI=1S/C17H17N5S.C5H11NO.C2H6/c1-9-10(2)23-17-15(9)16(12-4-6-13(18)7-5-12)19-8-14-21-20-11(3)22(14)17;1-4(2)6-5(3)7;1-2/h4-7H,8,18H2,1-3H3;4H,1-3H3,(H,6,7);1-2H3. The van der Waals surface area contributed by atoms with E-state index in [9.17, 15) is 4.79 Å². The fraction of sp³-hybridized carbons (Fsp3) is 0.417. The normalized spacial score (nSPS) is 11.7. The zero-order chi connectivity index (χ0) is 24.0. The molecular weight excluding hydrogens is 420 g/mol. The van der Waals surface area contributed by atoms with Crippen LogP contribution < -0.4 is 11.1 Å². The van der Waals surface area contributed by atoms with Crippen LogP contribution in [0.15, 0.2) is 29.3 Å². The Morgan fingerprint density at radius 1 is 1.12 bits per heavy atom. The first-order valence-corrected chi connectivity index (χ1v) is 11.7. The Balaban J connectivity index is 0.000000348. The highest BCUT2D eigenvalue weighted by atomic mass is 32.1. The number of nitrogens with two attached hydrogens (primary N) is 1. The number of hydrogen-bond acceptors (Lipinski definition) is 6. The second kappa shape index (κ2) is 11.0. The van der Waals surface area contributed by atoms with Crippen LogP contribution in [0, 0.1) is 20.8 Å². The quantitative estimate of drug-likeness (QED) is 0.546. The topological polar surface area (TPSA) is 98.2 Å². The molecule has 32 heavy (non-hydrogen) atoms. The van der Waals surface area contributed by atoms with E-state index < -0.39 is 0 Å². The van der Waals surface area contributed by atoms with E-state index in [0.717, 1.165) is 33.6 Å². The summed E-state index contributed by atoms with van der Waals surface area (Å²) in [5.41, 5.74) is 11.1. The van der Waals surface area contributed by atoms with Crippen LogP contribution >= 0.6 is 11.3 Å². The molecule has 4 rings (SSSR count). The van der Waals surface area contributed by atoms with Crippen LogP contribution in [0.5, 0.6) is 0 Å². The Hall–Kier alpha value is -3.00. The van der Waals surface area contributed by atoms with Gasteiger partial charge in [-0.1, -0.05) is 26.0 Å². The maximum atomic E-state index is 10.1. The third-order valence-electron chi connectivity index (χ3n) is 4.75. The Labute approximate surface area is 194 Å². The highest BCUT2D eigenvalue weighted by Gasteiger charge is 2.26. The van der Waals surface area contributed by atoms with Gasteiger partial charge >= 0.3 is 0 Å². The summed E-state index contributed by atoms with van der Waals surface area (Å²) in [5.74, 6) is 1.82. The van der Waals surface area contributed by atoms with E-state index in [1.807, 2.05) is 58.9 Å². The summed E-state index contributed by atoms with van der Waals surface area (Å²) in [6.45, 7) is 16.2. The maximum Gasteiger partial charge on any atom is 0.217 e. The van der Waals surface area contributed by atoms with Gasteiger partial charge in [0.2, 0.25) is 5.91 Å². The third kappa shape index (κ3) is 5.62. The van der Waals surface area contributed by atoms with Crippen molar-refractivity contribution in [1.29, 1.82) is 0 Å². The highest BCUT2D eigenvalue weighted by molar-refractivity contribution is 7.15. The largest absolute Gasteiger partial charge is 0.399 e. The maximum absolute atomic E-state index is 10.1. The molecule has 8 heteroatoms. The summed E-state index contributed by atoms with van der Waals surface area (Å²) in [6.07, 6.45) is 0. The predicted molar refractivity (Wildman–Crippen MR) is 134 cm³/mol. The molecule has 7 nitrogen and oxygen atoms in total. The first-order chi connectivity index (χ1) is 15.2. The second-order valence-electron chi connectivity index (χ2n) is 7.60. The van der Waals surface area contributed by atoms with Gasteiger partial charge in [0.25, 0.3) is 0 Å². The van der Waals surface area contributed by atoms with Crippen molar-refractivity contribution < 1.29 is 4.79 Å². The summed E-state index contributed by atoms with van der Waals surface area (Å²) in [4.78, 5) is 16.3. The number of nitrogen functional groups attached to an aromatic ring is 1. The summed E-state index contributed by atoms with van der Waals surface area (Å²) in [7, 11) is 0. The van der Waals surface area contributed by atoms with Crippen molar-refractivity contribution >= 4 is 28.6 Å². The number of amides is 1. The first-order valence-electron chi connectivity index (χ1n) is 10.9. The van der Waals surface area contributed by atoms with Crippen LogP contribution in [0.25, 0.3) is 5.00 Å². The number of nitrogens with zero attached hydrogens (tertiary/aromatic N) is 4. The molecule has 0 saturated heterocycles. The highest BCUT2D eigenvalue weighted by Crippen LogP contribution is 2.36. The average Bonchev–Trinajstić information content (AvgIpc) is 3.18. The van der Waals surface area contributed by atoms with Gasteiger partial charge in [-0.25, -0.2) is 0 Å². The minimum atomic E-state index is 0.0370. The number of hydrogen-bond donors (Lipinski definition) is 2. The molecule has 2 aromatic heterocycles. The van der Waals surface area contributed by atoms with E-state index in [-0.39, 0.29) is 11.9 Å². The predicted octanol–water partition coefficient (Wildman–Crippen LogP) is 4.74. The SMILES string of the molecule is CC.CC(=O)NC(C)C.Cc1sc2c(c1C)C(c1ccc(N)cc1)=NCc1nnc(C)n1-2. The lowest BCUT2D eigenvalue weighted by atomic mass is 10.00. The van der Waals surface area contributed by atoms with E-state index in [1.165, 1.54) is 22.9 Å². The van der Waals surface area contributed by atoms with Crippen LogP contribution in [0.1, 0.15) is 67.8 Å². The molecule has 0 radical (unpaired) electrons. The van der Waals surface area contributed by atoms with Crippen LogP contribution in [0.2, 0.25) is 0 Å². The lowest BCUT2D eigenvalue weighted by Gasteiger charge is -2.09. The Bertz CT molecular complexity index is 1090. The van der Waals surface area contributed by atoms with Crippen LogP contribution in [0.3, 0.4) is 0 Å². The average molecular weight is 455 g/mol. The van der Waals surface area contributed by atoms with Crippen LogP contribution in [-0.2, 0) is 11.3 Å². The van der Waals surface area contributed by atoms with Gasteiger partial charge in [-0.2, -0.15) is 0 Å². The smallest absolute Gasteiger partial charge is 0.217 e. The van der Waals surface area contributed by atoms with E-state index in [2.05, 4.69) is 33.9 Å². The number of aryl methyl sites for hydroxylation is 2. The van der Waals surface area contributed by atoms with E-state index in [0.29, 0.717) is 6.54 Å². The van der Waals surface area contributed by atoms with Gasteiger partial charge < -0.3 is 11.1 Å². The number of nitrogens with one attached hydrogen (secondary N) is 1. The molecule has 0 fully saturated rings. The zero-order valence-corrected chi connectivity index (χ0v) is 21.1. The second-order valence-corrected chi connectivity index (χ2v) is 8.81. The Morgan fingerprint density at radius 3 is 2.28 bits per heavy atom. The zero-order valence-electron chi connectivity index (χ0n) is 20.3. The van der Waals surface area contributed by atoms with Gasteiger partial charge in [0.05, 0.1) is 5.71 Å². The van der Waals surface area contributed by atoms with Crippen molar-refractivity contribution in [3.63, 3.8) is 0 Å². The molecule has 1 aliphatic rings. The summed E-state index contributed by atoms with van der Waals surface area (Å²) < 4.78 is 2.13. The van der Waals surface area contributed by atoms with Gasteiger partial charge in [-0.05, 0) is 52.3 Å². The molecule has 3 aromatic rings. The summed E-state index contributed by atoms with van der Waals surface area (Å²) >= 11 is 1.77. The third-order valence-corrected chi connectivity index (χ3v) is 5.95. The fourth-order valence-corrected chi connectivity index (χ4v) is 4.56. The molecule has 0 unspecified atom stereocenters. The summed E-state index contributed by atoms with van der Waals surface area (Å²) in [6, 6.07) is 8.18. The molecule has 0 aliphatic carbocycles. The lowest BCUT2D eigenvalue weighted by Crippen LogP contribution is -2.27. The fourth-order valence-electron chi connectivity index (χ4n) is 3.33. The first kappa shape index (κ1) is 25.3. The number of fused-ring (bicyclic) bond motifs is 3. The molecule has 3 heterocycles. The minimum absolute atomic E-state index is 0.0370. The van der Waals surface area contributed by atoms with E-state index in [1.54, 1.807) is 11.3 Å². The molecule has 1 aliphatic heterocycles. The molecule has 1 aromatic carbocycles. The van der Waals surface area contributed by atoms with Crippen LogP contribution in [-0.4, -0.2) is 32.4 Å². The number of benzene rings is 1. The van der Waals surface area contributed by atoms with Gasteiger partial charge in [0.15, 0.2) is 5.82 Å². The molecule has 1 amide bonds. The molecule has 0 bridgehead atoms. The molecule has 3 N–H and O–H groups in total. The molecular formula is C24H34N6OS. The molecule has 0 saturated carbocycles. The molecule has 172 valence electrons. The number of carbonyl (C=O) groups is 1.